The van der Waals surface area contributed by atoms with Gasteiger partial charge < -0.3 is 9.57 Å². The first-order chi connectivity index (χ1) is 14.5. The van der Waals surface area contributed by atoms with E-state index >= 15 is 0 Å². The Balaban J connectivity index is 1.53. The second kappa shape index (κ2) is 8.73. The van der Waals surface area contributed by atoms with Gasteiger partial charge >= 0.3 is 5.97 Å². The van der Waals surface area contributed by atoms with Gasteiger partial charge in [-0.2, -0.15) is 0 Å². The van der Waals surface area contributed by atoms with Crippen LogP contribution in [0.4, 0.5) is 0 Å². The zero-order valence-corrected chi connectivity index (χ0v) is 17.4. The number of imide groups is 1. The topological polar surface area (TPSA) is 76.2 Å². The molecule has 1 fully saturated rings. The van der Waals surface area contributed by atoms with Crippen molar-refractivity contribution >= 4 is 41.0 Å². The first-order valence-corrected chi connectivity index (χ1v) is 10.2. The largest absolute Gasteiger partial charge is 0.379 e. The first-order valence-electron chi connectivity index (χ1n) is 9.41. The number of benzene rings is 2. The predicted molar refractivity (Wildman–Crippen MR) is 109 cm³/mol. The molecule has 0 aliphatic carbocycles. The Hall–Kier alpha value is -2.45. The third-order valence-corrected chi connectivity index (χ3v) is 5.86. The normalized spacial score (nSPS) is 17.7. The summed E-state index contributed by atoms with van der Waals surface area (Å²) in [6.45, 7) is 2.30. The molecule has 2 aromatic rings. The lowest BCUT2D eigenvalue weighted by atomic mass is 10.0. The Morgan fingerprint density at radius 3 is 2.23 bits per heavy atom. The second-order valence-electron chi connectivity index (χ2n) is 6.96. The smallest absolute Gasteiger partial charge is 0.335 e. The molecule has 1 atom stereocenters. The van der Waals surface area contributed by atoms with Gasteiger partial charge in [-0.1, -0.05) is 46.5 Å². The number of ether oxygens (including phenoxy) is 1. The third-order valence-electron chi connectivity index (χ3n) is 5.12. The Labute approximate surface area is 183 Å². The minimum Gasteiger partial charge on any atom is -0.379 e. The number of halogens is 2. The highest BCUT2D eigenvalue weighted by molar-refractivity contribution is 6.42. The van der Waals surface area contributed by atoms with Crippen molar-refractivity contribution in [3.63, 3.8) is 0 Å². The van der Waals surface area contributed by atoms with Gasteiger partial charge in [0.25, 0.3) is 11.8 Å². The molecule has 2 aliphatic heterocycles. The molecule has 2 heterocycles. The van der Waals surface area contributed by atoms with Crippen molar-refractivity contribution in [3.8, 4) is 0 Å². The fraction of sp³-hybridized carbons (Fsp3) is 0.286. The summed E-state index contributed by atoms with van der Waals surface area (Å²) in [7, 11) is 0. The molecular weight excluding hydrogens is 431 g/mol. The van der Waals surface area contributed by atoms with Crippen LogP contribution in [0.2, 0.25) is 10.0 Å². The molecule has 2 aromatic carbocycles. The van der Waals surface area contributed by atoms with Crippen LogP contribution in [-0.2, 0) is 14.4 Å². The number of hydroxylamine groups is 2. The summed E-state index contributed by atoms with van der Waals surface area (Å²) in [5.41, 5.74) is 1.21. The highest BCUT2D eigenvalue weighted by atomic mass is 35.5. The lowest BCUT2D eigenvalue weighted by Gasteiger charge is -2.34. The molecule has 9 heteroatoms. The maximum Gasteiger partial charge on any atom is 0.335 e. The van der Waals surface area contributed by atoms with Crippen LogP contribution in [0, 0.1) is 0 Å². The molecular formula is C21H18Cl2N2O5. The van der Waals surface area contributed by atoms with E-state index in [2.05, 4.69) is 4.90 Å². The minimum atomic E-state index is -0.702. The molecule has 2 aliphatic rings. The molecule has 4 rings (SSSR count). The molecule has 7 nitrogen and oxygen atoms in total. The highest BCUT2D eigenvalue weighted by Gasteiger charge is 2.39. The lowest BCUT2D eigenvalue weighted by Crippen LogP contribution is -2.41. The van der Waals surface area contributed by atoms with Crippen molar-refractivity contribution in [2.45, 2.75) is 12.5 Å². The van der Waals surface area contributed by atoms with Gasteiger partial charge in [-0.3, -0.25) is 14.5 Å². The van der Waals surface area contributed by atoms with Crippen LogP contribution in [0.5, 0.6) is 0 Å². The molecule has 0 radical (unpaired) electrons. The number of morpholine rings is 1. The quantitative estimate of drug-likeness (QED) is 0.651. The summed E-state index contributed by atoms with van der Waals surface area (Å²) in [6, 6.07) is 11.1. The first kappa shape index (κ1) is 20.8. The zero-order valence-electron chi connectivity index (χ0n) is 15.8. The Morgan fingerprint density at radius 2 is 1.63 bits per heavy atom. The molecule has 30 heavy (non-hydrogen) atoms. The van der Waals surface area contributed by atoms with Crippen molar-refractivity contribution < 1.29 is 24.0 Å². The van der Waals surface area contributed by atoms with Crippen LogP contribution in [0.3, 0.4) is 0 Å². The van der Waals surface area contributed by atoms with Crippen molar-refractivity contribution in [1.82, 2.24) is 9.96 Å². The maximum absolute atomic E-state index is 12.7. The average Bonchev–Trinajstić information content (AvgIpc) is 3.00. The summed E-state index contributed by atoms with van der Waals surface area (Å²) in [6.07, 6.45) is -0.0780. The van der Waals surface area contributed by atoms with E-state index in [1.54, 1.807) is 30.3 Å². The predicted octanol–water partition coefficient (Wildman–Crippen LogP) is 3.51. The molecule has 0 N–H and O–H groups in total. The molecule has 1 unspecified atom stereocenters. The van der Waals surface area contributed by atoms with E-state index in [4.69, 9.17) is 32.8 Å². The van der Waals surface area contributed by atoms with E-state index < -0.39 is 17.8 Å². The van der Waals surface area contributed by atoms with E-state index in [9.17, 15) is 14.4 Å². The molecule has 0 aromatic heterocycles. The zero-order chi connectivity index (χ0) is 21.3. The second-order valence-corrected chi connectivity index (χ2v) is 7.77. The van der Waals surface area contributed by atoms with Crippen LogP contribution in [0.15, 0.2) is 42.5 Å². The van der Waals surface area contributed by atoms with Crippen molar-refractivity contribution in [1.29, 1.82) is 0 Å². The fourth-order valence-corrected chi connectivity index (χ4v) is 3.92. The van der Waals surface area contributed by atoms with Gasteiger partial charge in [-0.05, 0) is 29.8 Å². The van der Waals surface area contributed by atoms with E-state index in [0.29, 0.717) is 41.4 Å². The number of nitrogens with zero attached hydrogens (tertiary/aromatic N) is 2. The number of carbonyl (C=O) groups excluding carboxylic acids is 3. The molecule has 0 saturated carbocycles. The monoisotopic (exact) mass is 448 g/mol. The number of hydrogen-bond donors (Lipinski definition) is 0. The summed E-state index contributed by atoms with van der Waals surface area (Å²) in [4.78, 5) is 44.9. The molecule has 1 saturated heterocycles. The van der Waals surface area contributed by atoms with Gasteiger partial charge in [-0.15, -0.1) is 0 Å². The maximum atomic E-state index is 12.7. The average molecular weight is 449 g/mol. The van der Waals surface area contributed by atoms with Crippen LogP contribution >= 0.6 is 23.2 Å². The molecule has 0 spiro atoms. The van der Waals surface area contributed by atoms with Gasteiger partial charge in [0.15, 0.2) is 0 Å². The Morgan fingerprint density at radius 1 is 1.00 bits per heavy atom. The van der Waals surface area contributed by atoms with Gasteiger partial charge in [0.2, 0.25) is 0 Å². The molecule has 0 bridgehead atoms. The Kier molecular flexibility index (Phi) is 6.06. The SMILES string of the molecule is O=C(CC(c1ccc(Cl)c(Cl)c1)N1CCOCC1)ON1C(=O)c2ccccc2C1=O. The van der Waals surface area contributed by atoms with E-state index in [1.165, 1.54) is 12.1 Å². The number of hydrogen-bond acceptors (Lipinski definition) is 6. The van der Waals surface area contributed by atoms with Crippen LogP contribution < -0.4 is 0 Å². The number of fused-ring (bicyclic) bond motifs is 1. The van der Waals surface area contributed by atoms with Crippen LogP contribution in [0.25, 0.3) is 0 Å². The molecule has 2 amide bonds. The van der Waals surface area contributed by atoms with Crippen LogP contribution in [-0.4, -0.2) is 54.1 Å². The molecule has 156 valence electrons. The fourth-order valence-electron chi connectivity index (χ4n) is 3.61. The summed E-state index contributed by atoms with van der Waals surface area (Å²) >= 11 is 12.2. The standard InChI is InChI=1S/C21H18Cl2N2O5/c22-16-6-5-13(11-17(16)23)18(24-7-9-29-10-8-24)12-19(26)30-25-20(27)14-3-1-2-4-15(14)21(25)28/h1-6,11,18H,7-10,12H2. The van der Waals surface area contributed by atoms with Crippen molar-refractivity contribution in [2.24, 2.45) is 0 Å². The summed E-state index contributed by atoms with van der Waals surface area (Å²) in [5, 5.41) is 1.31. The highest BCUT2D eigenvalue weighted by Crippen LogP contribution is 2.32. The minimum absolute atomic E-state index is 0.0780. The third kappa shape index (κ3) is 4.06. The number of carbonyl (C=O) groups is 3. The van der Waals surface area contributed by atoms with E-state index in [0.717, 1.165) is 5.56 Å². The van der Waals surface area contributed by atoms with Crippen molar-refractivity contribution in [3.05, 3.63) is 69.2 Å². The Bertz CT molecular complexity index is 972. The number of amides is 2. The van der Waals surface area contributed by atoms with Crippen LogP contribution in [0.1, 0.15) is 38.7 Å². The summed E-state index contributed by atoms with van der Waals surface area (Å²) in [5.74, 6) is -2.00. The van der Waals surface area contributed by atoms with E-state index in [-0.39, 0.29) is 23.6 Å². The summed E-state index contributed by atoms with van der Waals surface area (Å²) < 4.78 is 5.40. The van der Waals surface area contributed by atoms with E-state index in [1.807, 2.05) is 0 Å². The number of rotatable bonds is 5. The van der Waals surface area contributed by atoms with Gasteiger partial charge in [0, 0.05) is 19.1 Å². The van der Waals surface area contributed by atoms with Crippen molar-refractivity contribution in [2.75, 3.05) is 26.3 Å². The van der Waals surface area contributed by atoms with Gasteiger partial charge in [0.05, 0.1) is 40.8 Å². The van der Waals surface area contributed by atoms with Gasteiger partial charge in [0.1, 0.15) is 0 Å². The lowest BCUT2D eigenvalue weighted by molar-refractivity contribution is -0.170. The van der Waals surface area contributed by atoms with Gasteiger partial charge in [-0.25, -0.2) is 4.79 Å².